The van der Waals surface area contributed by atoms with Crippen LogP contribution in [-0.2, 0) is 15.3 Å². The van der Waals surface area contributed by atoms with Crippen LogP contribution in [0.2, 0.25) is 0 Å². The number of carbonyl (C=O) groups excluding carboxylic acids is 3. The Hall–Kier alpha value is -2.02. The molecule has 0 aromatic heterocycles. The van der Waals surface area contributed by atoms with E-state index in [2.05, 4.69) is 35.0 Å². The van der Waals surface area contributed by atoms with Crippen LogP contribution in [-0.4, -0.2) is 36.2 Å². The lowest BCUT2D eigenvalue weighted by atomic mass is 10.1. The summed E-state index contributed by atoms with van der Waals surface area (Å²) in [4.78, 5) is 34.0. The first-order valence-corrected chi connectivity index (χ1v) is 8.72. The van der Waals surface area contributed by atoms with Crippen molar-refractivity contribution < 1.29 is 14.4 Å². The molecule has 0 saturated carbocycles. The number of nitrogens with one attached hydrogen (secondary N) is 3. The van der Waals surface area contributed by atoms with E-state index < -0.39 is 12.1 Å². The van der Waals surface area contributed by atoms with E-state index in [9.17, 15) is 14.4 Å². The third-order valence-electron chi connectivity index (χ3n) is 3.61. The molecular weight excluding hydrogens is 314 g/mol. The van der Waals surface area contributed by atoms with Gasteiger partial charge in [0.15, 0.2) is 0 Å². The number of carbonyl (C=O) groups is 3. The molecule has 0 bridgehead atoms. The Balaban J connectivity index is 1.56. The van der Waals surface area contributed by atoms with Gasteiger partial charge in [-0.2, -0.15) is 11.8 Å². The normalized spacial score (nSPS) is 16.8. The summed E-state index contributed by atoms with van der Waals surface area (Å²) in [6, 6.07) is 7.17. The van der Waals surface area contributed by atoms with Gasteiger partial charge in [0.2, 0.25) is 5.91 Å². The molecule has 124 valence electrons. The number of hydrogen-bond acceptors (Lipinski definition) is 4. The maximum atomic E-state index is 11.7. The lowest BCUT2D eigenvalue weighted by Crippen LogP contribution is -2.32. The molecule has 1 aromatic rings. The molecule has 2 rings (SSSR count). The topological polar surface area (TPSA) is 87.3 Å². The zero-order chi connectivity index (χ0) is 16.7. The van der Waals surface area contributed by atoms with Gasteiger partial charge in [-0.3, -0.25) is 14.9 Å². The average molecular weight is 335 g/mol. The monoisotopic (exact) mass is 335 g/mol. The Kier molecular flexibility index (Phi) is 6.46. The van der Waals surface area contributed by atoms with Crippen molar-refractivity contribution in [2.75, 3.05) is 12.3 Å². The molecule has 1 aliphatic heterocycles. The van der Waals surface area contributed by atoms with Crippen LogP contribution in [0.3, 0.4) is 0 Å². The van der Waals surface area contributed by atoms with Crippen LogP contribution in [0.1, 0.15) is 24.0 Å². The lowest BCUT2D eigenvalue weighted by Gasteiger charge is -2.08. The largest absolute Gasteiger partial charge is 0.355 e. The Morgan fingerprint density at radius 3 is 2.78 bits per heavy atom. The molecule has 1 fully saturated rings. The Morgan fingerprint density at radius 2 is 2.09 bits per heavy atom. The number of urea groups is 1. The van der Waals surface area contributed by atoms with Crippen molar-refractivity contribution in [1.29, 1.82) is 0 Å². The molecule has 1 unspecified atom stereocenters. The smallest absolute Gasteiger partial charge is 0.322 e. The maximum Gasteiger partial charge on any atom is 0.322 e. The minimum atomic E-state index is -0.594. The second-order valence-corrected chi connectivity index (χ2v) is 6.49. The molecule has 1 aliphatic rings. The van der Waals surface area contributed by atoms with E-state index >= 15 is 0 Å². The molecule has 4 amide bonds. The molecule has 6 nitrogen and oxygen atoms in total. The number of imide groups is 1. The van der Waals surface area contributed by atoms with Crippen molar-refractivity contribution in [3.63, 3.8) is 0 Å². The first kappa shape index (κ1) is 17.3. The van der Waals surface area contributed by atoms with Gasteiger partial charge in [-0.1, -0.05) is 24.3 Å². The summed E-state index contributed by atoms with van der Waals surface area (Å²) in [5.74, 6) is 1.30. The highest BCUT2D eigenvalue weighted by Gasteiger charge is 2.29. The second-order valence-electron chi connectivity index (χ2n) is 5.38. The predicted molar refractivity (Wildman–Crippen MR) is 90.0 cm³/mol. The number of aryl methyl sites for hydroxylation is 1. The van der Waals surface area contributed by atoms with Crippen LogP contribution in [0.15, 0.2) is 24.3 Å². The van der Waals surface area contributed by atoms with Crippen molar-refractivity contribution in [3.8, 4) is 0 Å². The van der Waals surface area contributed by atoms with E-state index in [0.29, 0.717) is 13.0 Å². The fraction of sp³-hybridized carbons (Fsp3) is 0.438. The molecule has 7 heteroatoms. The molecule has 1 aromatic carbocycles. The van der Waals surface area contributed by atoms with Crippen molar-refractivity contribution in [2.45, 2.75) is 31.6 Å². The van der Waals surface area contributed by atoms with Crippen LogP contribution < -0.4 is 16.0 Å². The lowest BCUT2D eigenvalue weighted by molar-refractivity contribution is -0.122. The Labute approximate surface area is 139 Å². The van der Waals surface area contributed by atoms with E-state index in [4.69, 9.17) is 0 Å². The minimum absolute atomic E-state index is 0.101. The van der Waals surface area contributed by atoms with Crippen LogP contribution in [0.4, 0.5) is 4.79 Å². The Bertz CT molecular complexity index is 592. The minimum Gasteiger partial charge on any atom is -0.355 e. The number of hydrogen-bond donors (Lipinski definition) is 3. The highest BCUT2D eigenvalue weighted by molar-refractivity contribution is 7.98. The van der Waals surface area contributed by atoms with Crippen molar-refractivity contribution in [1.82, 2.24) is 16.0 Å². The van der Waals surface area contributed by atoms with E-state index in [-0.39, 0.29) is 18.2 Å². The van der Waals surface area contributed by atoms with Gasteiger partial charge in [0, 0.05) is 24.5 Å². The molecule has 1 saturated heterocycles. The van der Waals surface area contributed by atoms with Gasteiger partial charge in [-0.25, -0.2) is 4.79 Å². The fourth-order valence-corrected chi connectivity index (χ4v) is 3.18. The van der Waals surface area contributed by atoms with Crippen LogP contribution in [0.25, 0.3) is 0 Å². The zero-order valence-corrected chi connectivity index (χ0v) is 13.9. The highest BCUT2D eigenvalue weighted by atomic mass is 32.2. The van der Waals surface area contributed by atoms with Crippen LogP contribution in [0, 0.1) is 6.92 Å². The quantitative estimate of drug-likeness (QED) is 0.494. The van der Waals surface area contributed by atoms with Gasteiger partial charge in [-0.15, -0.1) is 0 Å². The van der Waals surface area contributed by atoms with Gasteiger partial charge in [0.25, 0.3) is 5.91 Å². The van der Waals surface area contributed by atoms with E-state index in [1.165, 1.54) is 11.1 Å². The van der Waals surface area contributed by atoms with Crippen molar-refractivity contribution >= 4 is 29.6 Å². The highest BCUT2D eigenvalue weighted by Crippen LogP contribution is 2.15. The number of rotatable bonds is 8. The first-order chi connectivity index (χ1) is 11.1. The maximum absolute atomic E-state index is 11.7. The SMILES string of the molecule is Cc1ccccc1CSCCNC(=O)CCC1NC(=O)NC1=O. The molecule has 0 spiro atoms. The van der Waals surface area contributed by atoms with Crippen LogP contribution >= 0.6 is 11.8 Å². The number of benzene rings is 1. The summed E-state index contributed by atoms with van der Waals surface area (Å²) in [7, 11) is 0. The molecular formula is C16H21N3O3S. The third-order valence-corrected chi connectivity index (χ3v) is 4.61. The zero-order valence-electron chi connectivity index (χ0n) is 13.1. The standard InChI is InChI=1S/C16H21N3O3S/c1-11-4-2-3-5-12(11)10-23-9-8-17-14(20)7-6-13-15(21)19-16(22)18-13/h2-5,13H,6-10H2,1H3,(H,17,20)(H2,18,19,21,22). The fourth-order valence-electron chi connectivity index (χ4n) is 2.24. The van der Waals surface area contributed by atoms with Crippen LogP contribution in [0.5, 0.6) is 0 Å². The third kappa shape index (κ3) is 5.59. The van der Waals surface area contributed by atoms with Gasteiger partial charge >= 0.3 is 6.03 Å². The Morgan fingerprint density at radius 1 is 1.30 bits per heavy atom. The van der Waals surface area contributed by atoms with E-state index in [1.807, 2.05) is 12.1 Å². The second kappa shape index (κ2) is 8.57. The van der Waals surface area contributed by atoms with Crippen molar-refractivity contribution in [3.05, 3.63) is 35.4 Å². The summed E-state index contributed by atoms with van der Waals surface area (Å²) >= 11 is 1.77. The molecule has 0 radical (unpaired) electrons. The van der Waals surface area contributed by atoms with E-state index in [1.54, 1.807) is 11.8 Å². The average Bonchev–Trinajstić information content (AvgIpc) is 2.84. The first-order valence-electron chi connectivity index (χ1n) is 7.56. The van der Waals surface area contributed by atoms with Gasteiger partial charge < -0.3 is 10.6 Å². The number of thioether (sulfide) groups is 1. The summed E-state index contributed by atoms with van der Waals surface area (Å²) in [6.07, 6.45) is 0.542. The molecule has 23 heavy (non-hydrogen) atoms. The van der Waals surface area contributed by atoms with Crippen molar-refractivity contribution in [2.24, 2.45) is 0 Å². The summed E-state index contributed by atoms with van der Waals surface area (Å²) < 4.78 is 0. The van der Waals surface area contributed by atoms with Gasteiger partial charge in [-0.05, 0) is 24.5 Å². The molecule has 3 N–H and O–H groups in total. The summed E-state index contributed by atoms with van der Waals surface area (Å²) in [6.45, 7) is 2.69. The van der Waals surface area contributed by atoms with E-state index in [0.717, 1.165) is 11.5 Å². The summed E-state index contributed by atoms with van der Waals surface area (Å²) in [5, 5.41) is 7.45. The van der Waals surface area contributed by atoms with Gasteiger partial charge in [0.1, 0.15) is 6.04 Å². The molecule has 1 heterocycles. The van der Waals surface area contributed by atoms with Gasteiger partial charge in [0.05, 0.1) is 0 Å². The summed E-state index contributed by atoms with van der Waals surface area (Å²) in [5.41, 5.74) is 2.59. The predicted octanol–water partition coefficient (Wildman–Crippen LogP) is 1.33. The molecule has 1 atom stereocenters. The number of amides is 4. The molecule has 0 aliphatic carbocycles.